The van der Waals surface area contributed by atoms with E-state index >= 15 is 0 Å². The molecule has 2 aliphatic heterocycles. The molecule has 1 atom stereocenters. The van der Waals surface area contributed by atoms with Crippen molar-refractivity contribution in [1.82, 2.24) is 9.62 Å². The average molecular weight is 759 g/mol. The zero-order valence-electron chi connectivity index (χ0n) is 29.4. The Balaban J connectivity index is 0.990. The highest BCUT2D eigenvalue weighted by molar-refractivity contribution is 7.99. The Hall–Kier alpha value is -5.68. The third-order valence-electron chi connectivity index (χ3n) is 9.81. The number of thioether (sulfide) groups is 1. The molecular formula is C41H38N6O5S2. The smallest absolute Gasteiger partial charge is 0.293 e. The summed E-state index contributed by atoms with van der Waals surface area (Å²) in [4.78, 5) is 30.0. The number of aryl methyl sites for hydroxylation is 1. The summed E-state index contributed by atoms with van der Waals surface area (Å²) in [5.74, 6) is -0.161. The Morgan fingerprint density at radius 2 is 1.72 bits per heavy atom. The van der Waals surface area contributed by atoms with Gasteiger partial charge in [0.2, 0.25) is 0 Å². The van der Waals surface area contributed by atoms with Crippen LogP contribution in [-0.2, 0) is 23.0 Å². The van der Waals surface area contributed by atoms with E-state index in [1.54, 1.807) is 23.9 Å². The van der Waals surface area contributed by atoms with E-state index in [-0.39, 0.29) is 22.2 Å². The Morgan fingerprint density at radius 1 is 0.944 bits per heavy atom. The Morgan fingerprint density at radius 3 is 2.48 bits per heavy atom. The van der Waals surface area contributed by atoms with E-state index in [0.717, 1.165) is 77.9 Å². The molecule has 54 heavy (non-hydrogen) atoms. The summed E-state index contributed by atoms with van der Waals surface area (Å²) in [6.07, 6.45) is 1.59. The fourth-order valence-corrected chi connectivity index (χ4v) is 8.96. The molecule has 5 aromatic rings. The van der Waals surface area contributed by atoms with Crippen LogP contribution in [0.3, 0.4) is 0 Å². The van der Waals surface area contributed by atoms with Crippen molar-refractivity contribution in [2.45, 2.75) is 35.2 Å². The highest BCUT2D eigenvalue weighted by Crippen LogP contribution is 2.35. The minimum Gasteiger partial charge on any atom is -0.379 e. The van der Waals surface area contributed by atoms with Crippen molar-refractivity contribution in [3.63, 3.8) is 0 Å². The number of carbonyl (C=O) groups excluding carboxylic acids is 1. The highest BCUT2D eigenvalue weighted by Gasteiger charge is 2.33. The van der Waals surface area contributed by atoms with Gasteiger partial charge in [0.1, 0.15) is 5.69 Å². The summed E-state index contributed by atoms with van der Waals surface area (Å²) in [6.45, 7) is 3.59. The molecule has 0 radical (unpaired) electrons. The number of hydrogen-bond donors (Lipinski definition) is 2. The number of sulfonamides is 1. The van der Waals surface area contributed by atoms with E-state index < -0.39 is 26.5 Å². The number of nitrogens with zero attached hydrogens (tertiary/aromatic N) is 4. The van der Waals surface area contributed by atoms with Crippen molar-refractivity contribution < 1.29 is 18.1 Å². The van der Waals surface area contributed by atoms with E-state index in [4.69, 9.17) is 0 Å². The predicted octanol–water partition coefficient (Wildman–Crippen LogP) is 7.09. The number of amides is 1. The van der Waals surface area contributed by atoms with Gasteiger partial charge in [0.25, 0.3) is 21.6 Å². The molecule has 11 nitrogen and oxygen atoms in total. The number of nitriles is 1. The largest absolute Gasteiger partial charge is 0.379 e. The summed E-state index contributed by atoms with van der Waals surface area (Å²) < 4.78 is 28.7. The molecule has 0 spiro atoms. The lowest BCUT2D eigenvalue weighted by Gasteiger charge is -2.46. The van der Waals surface area contributed by atoms with Crippen LogP contribution in [0.25, 0.3) is 11.1 Å². The first-order chi connectivity index (χ1) is 26.2. The van der Waals surface area contributed by atoms with Gasteiger partial charge in [0, 0.05) is 66.7 Å². The lowest BCUT2D eigenvalue weighted by molar-refractivity contribution is -0.384. The number of rotatable bonds is 12. The monoisotopic (exact) mass is 758 g/mol. The van der Waals surface area contributed by atoms with Crippen molar-refractivity contribution in [3.8, 4) is 17.2 Å². The maximum atomic E-state index is 13.3. The van der Waals surface area contributed by atoms with Gasteiger partial charge in [-0.2, -0.15) is 5.26 Å². The zero-order chi connectivity index (χ0) is 37.7. The van der Waals surface area contributed by atoms with Gasteiger partial charge in [-0.1, -0.05) is 54.6 Å². The lowest BCUT2D eigenvalue weighted by atomic mass is 9.92. The van der Waals surface area contributed by atoms with Gasteiger partial charge in [-0.3, -0.25) is 19.8 Å². The van der Waals surface area contributed by atoms with Crippen LogP contribution in [0.4, 0.5) is 17.1 Å². The molecule has 13 heteroatoms. The van der Waals surface area contributed by atoms with E-state index in [1.807, 2.05) is 72.8 Å². The molecule has 2 aliphatic rings. The molecule has 2 heterocycles. The van der Waals surface area contributed by atoms with Crippen LogP contribution in [-0.4, -0.2) is 62.1 Å². The van der Waals surface area contributed by atoms with E-state index in [2.05, 4.69) is 38.0 Å². The number of piperazine rings is 1. The Bertz CT molecular complexity index is 2330. The van der Waals surface area contributed by atoms with Gasteiger partial charge in [0.05, 0.1) is 21.5 Å². The third kappa shape index (κ3) is 8.26. The molecule has 0 aromatic heterocycles. The molecule has 274 valence electrons. The summed E-state index contributed by atoms with van der Waals surface area (Å²) in [7, 11) is -4.41. The van der Waals surface area contributed by atoms with Gasteiger partial charge >= 0.3 is 0 Å². The first-order valence-corrected chi connectivity index (χ1v) is 20.1. The van der Waals surface area contributed by atoms with Crippen LogP contribution >= 0.6 is 11.8 Å². The number of hydrogen-bond acceptors (Lipinski definition) is 10. The number of fused-ring (bicyclic) bond motifs is 3. The summed E-state index contributed by atoms with van der Waals surface area (Å²) >= 11 is 1.59. The fraction of sp³-hybridized carbons (Fsp3) is 0.220. The molecule has 0 saturated carbocycles. The summed E-state index contributed by atoms with van der Waals surface area (Å²) in [6, 6.07) is 37.2. The van der Waals surface area contributed by atoms with Gasteiger partial charge in [-0.15, -0.1) is 11.8 Å². The van der Waals surface area contributed by atoms with E-state index in [0.29, 0.717) is 17.9 Å². The summed E-state index contributed by atoms with van der Waals surface area (Å²) in [5, 5.41) is 24.5. The topological polar surface area (TPSA) is 149 Å². The maximum absolute atomic E-state index is 13.3. The minimum atomic E-state index is -4.41. The van der Waals surface area contributed by atoms with E-state index in [9.17, 15) is 28.6 Å². The normalized spacial score (nSPS) is 15.4. The van der Waals surface area contributed by atoms with Crippen molar-refractivity contribution in [3.05, 3.63) is 148 Å². The quantitative estimate of drug-likeness (QED) is 0.0585. The SMILES string of the molecule is N#Cc1ccc(-c2ccccc2)c(CN2CCN3c4ccc(C(=O)NS(=O)(=O)c5ccc(NCCSc6ccccc6)c([N+](=O)[O-])c5)cc4CC[C@H]3C2)c1. The molecule has 1 fully saturated rings. The van der Waals surface area contributed by atoms with Crippen molar-refractivity contribution >= 4 is 44.8 Å². The summed E-state index contributed by atoms with van der Waals surface area (Å²) in [5.41, 5.74) is 5.98. The van der Waals surface area contributed by atoms with Crippen LogP contribution in [0.5, 0.6) is 0 Å². The first kappa shape index (κ1) is 36.7. The highest BCUT2D eigenvalue weighted by atomic mass is 32.2. The number of nitro groups is 1. The molecule has 7 rings (SSSR count). The molecule has 1 saturated heterocycles. The maximum Gasteiger partial charge on any atom is 0.293 e. The molecule has 1 amide bonds. The van der Waals surface area contributed by atoms with Gasteiger partial charge in [0.15, 0.2) is 0 Å². The second kappa shape index (κ2) is 16.1. The minimum absolute atomic E-state index is 0.192. The molecule has 0 bridgehead atoms. The van der Waals surface area contributed by atoms with Crippen molar-refractivity contribution in [1.29, 1.82) is 5.26 Å². The average Bonchev–Trinajstić information content (AvgIpc) is 3.19. The van der Waals surface area contributed by atoms with Crippen LogP contribution in [0.15, 0.2) is 125 Å². The Kier molecular flexibility index (Phi) is 11.0. The fourth-order valence-electron chi connectivity index (χ4n) is 7.18. The predicted molar refractivity (Wildman–Crippen MR) is 211 cm³/mol. The molecule has 0 aliphatic carbocycles. The Labute approximate surface area is 318 Å². The third-order valence-corrected chi connectivity index (χ3v) is 12.2. The second-order valence-electron chi connectivity index (χ2n) is 13.3. The van der Waals surface area contributed by atoms with E-state index in [1.165, 1.54) is 12.1 Å². The number of nitrogens with one attached hydrogen (secondary N) is 2. The van der Waals surface area contributed by atoms with Crippen molar-refractivity contribution in [2.24, 2.45) is 0 Å². The number of carbonyl (C=O) groups is 1. The first-order valence-electron chi connectivity index (χ1n) is 17.7. The zero-order valence-corrected chi connectivity index (χ0v) is 31.0. The van der Waals surface area contributed by atoms with Crippen LogP contribution < -0.4 is 14.9 Å². The lowest BCUT2D eigenvalue weighted by Crippen LogP contribution is -2.54. The van der Waals surface area contributed by atoms with Crippen LogP contribution in [0.2, 0.25) is 0 Å². The van der Waals surface area contributed by atoms with Crippen LogP contribution in [0, 0.1) is 21.4 Å². The standard InChI is InChI=1S/C41H38N6O5S2/c42-26-29-11-16-37(30-7-3-1-4-8-30)33(23-29)27-45-20-21-46-34(28-45)14-12-31-24-32(13-18-39(31)46)41(48)44-54(51,52)36-15-17-38(40(25-36)47(49)50)43-19-22-53-35-9-5-2-6-10-35/h1-11,13,15-18,23-25,34,43H,12,14,19-22,27-28H2,(H,44,48)/t34-/m0/s1. The molecule has 2 N–H and O–H groups in total. The van der Waals surface area contributed by atoms with Gasteiger partial charge in [-0.25, -0.2) is 13.1 Å². The van der Waals surface area contributed by atoms with Crippen molar-refractivity contribution in [2.75, 3.05) is 42.1 Å². The molecular weight excluding hydrogens is 721 g/mol. The van der Waals surface area contributed by atoms with Crippen LogP contribution in [0.1, 0.15) is 33.5 Å². The second-order valence-corrected chi connectivity index (χ2v) is 16.1. The van der Waals surface area contributed by atoms with Gasteiger partial charge < -0.3 is 10.2 Å². The number of anilines is 2. The molecule has 0 unspecified atom stereocenters. The number of nitro benzene ring substituents is 1. The van der Waals surface area contributed by atoms with Gasteiger partial charge in [-0.05, 0) is 89.7 Å². The number of benzene rings is 5. The molecule has 5 aromatic carbocycles.